The van der Waals surface area contributed by atoms with Gasteiger partial charge in [-0.05, 0) is 29.6 Å². The number of hydrogen-bond acceptors (Lipinski definition) is 6. The fourth-order valence-electron chi connectivity index (χ4n) is 2.07. The van der Waals surface area contributed by atoms with E-state index >= 15 is 0 Å². The third-order valence-corrected chi connectivity index (χ3v) is 6.81. The van der Waals surface area contributed by atoms with Crippen LogP contribution in [-0.2, 0) is 26.1 Å². The minimum atomic E-state index is -3.82. The molecule has 10 heteroatoms. The lowest BCUT2D eigenvalue weighted by atomic mass is 10.2. The van der Waals surface area contributed by atoms with Crippen molar-refractivity contribution in [1.29, 1.82) is 0 Å². The van der Waals surface area contributed by atoms with Crippen molar-refractivity contribution in [1.82, 2.24) is 9.21 Å². The van der Waals surface area contributed by atoms with Crippen LogP contribution < -0.4 is 0 Å². The Balaban J connectivity index is 2.05. The Bertz CT molecular complexity index is 927. The zero-order chi connectivity index (χ0) is 20.2. The molecule has 0 saturated heterocycles. The van der Waals surface area contributed by atoms with Crippen molar-refractivity contribution in [2.24, 2.45) is 0 Å². The first-order valence-corrected chi connectivity index (χ1v) is 10.5. The molecule has 0 atom stereocenters. The van der Waals surface area contributed by atoms with Gasteiger partial charge in [0, 0.05) is 26.0 Å². The number of amides is 1. The second-order valence-electron chi connectivity index (χ2n) is 5.84. The summed E-state index contributed by atoms with van der Waals surface area (Å²) in [5.41, 5.74) is -0.00599. The Morgan fingerprint density at radius 2 is 1.89 bits per heavy atom. The summed E-state index contributed by atoms with van der Waals surface area (Å²) in [5, 5.41) is 1.90. The van der Waals surface area contributed by atoms with Gasteiger partial charge in [-0.2, -0.15) is 0 Å². The average Bonchev–Trinajstić information content (AvgIpc) is 3.12. The zero-order valence-corrected chi connectivity index (χ0v) is 17.4. The molecule has 0 spiro atoms. The van der Waals surface area contributed by atoms with Gasteiger partial charge in [0.25, 0.3) is 5.91 Å². The zero-order valence-electron chi connectivity index (χ0n) is 15.0. The molecule has 1 aromatic heterocycles. The fraction of sp³-hybridized carbons (Fsp3) is 0.294. The third kappa shape index (κ3) is 5.29. The Kier molecular flexibility index (Phi) is 6.99. The number of benzene rings is 1. The van der Waals surface area contributed by atoms with Gasteiger partial charge in [0.05, 0.1) is 17.1 Å². The lowest BCUT2D eigenvalue weighted by molar-refractivity contribution is -0.133. The predicted molar refractivity (Wildman–Crippen MR) is 103 cm³/mol. The molecule has 0 fully saturated rings. The maximum atomic E-state index is 12.3. The normalized spacial score (nSPS) is 11.4. The molecule has 7 nitrogen and oxygen atoms in total. The van der Waals surface area contributed by atoms with Gasteiger partial charge >= 0.3 is 5.97 Å². The summed E-state index contributed by atoms with van der Waals surface area (Å²) in [6, 6.07) is 7.58. The second-order valence-corrected chi connectivity index (χ2v) is 9.40. The minimum absolute atomic E-state index is 0.00599. The van der Waals surface area contributed by atoms with E-state index in [1.807, 2.05) is 17.5 Å². The van der Waals surface area contributed by atoms with Gasteiger partial charge in [-0.1, -0.05) is 17.7 Å². The highest BCUT2D eigenvalue weighted by molar-refractivity contribution is 7.89. The summed E-state index contributed by atoms with van der Waals surface area (Å²) >= 11 is 7.47. The number of carbonyl (C=O) groups is 2. The maximum absolute atomic E-state index is 12.3. The summed E-state index contributed by atoms with van der Waals surface area (Å²) in [4.78, 5) is 26.6. The minimum Gasteiger partial charge on any atom is -0.452 e. The molecule has 0 aliphatic heterocycles. The quantitative estimate of drug-likeness (QED) is 0.630. The molecule has 0 unspecified atom stereocenters. The van der Waals surface area contributed by atoms with Gasteiger partial charge in [0.2, 0.25) is 10.0 Å². The first kappa shape index (κ1) is 21.4. The van der Waals surface area contributed by atoms with Crippen molar-refractivity contribution >= 4 is 44.8 Å². The summed E-state index contributed by atoms with van der Waals surface area (Å²) in [5.74, 6) is -1.17. The standard InChI is InChI=1S/C17H19ClN2O5S2/c1-19(2)27(23,24)15-9-12(6-7-14(15)18)17(22)25-11-16(21)20(3)10-13-5-4-8-26-13/h4-9H,10-11H2,1-3H3. The number of thiophene rings is 1. The summed E-state index contributed by atoms with van der Waals surface area (Å²) in [6.07, 6.45) is 0. The van der Waals surface area contributed by atoms with Crippen molar-refractivity contribution < 1.29 is 22.7 Å². The van der Waals surface area contributed by atoms with E-state index in [4.69, 9.17) is 16.3 Å². The number of ether oxygens (including phenoxy) is 1. The number of esters is 1. The number of halogens is 1. The highest BCUT2D eigenvalue weighted by Crippen LogP contribution is 2.25. The van der Waals surface area contributed by atoms with E-state index in [-0.39, 0.29) is 21.4 Å². The van der Waals surface area contributed by atoms with Crippen LogP contribution in [0.4, 0.5) is 0 Å². The monoisotopic (exact) mass is 430 g/mol. The van der Waals surface area contributed by atoms with Crippen LogP contribution in [0.15, 0.2) is 40.6 Å². The number of sulfonamides is 1. The molecule has 1 aromatic carbocycles. The molecule has 0 radical (unpaired) electrons. The lowest BCUT2D eigenvalue weighted by Crippen LogP contribution is -2.30. The molecule has 1 heterocycles. The number of carbonyl (C=O) groups excluding carboxylic acids is 2. The summed E-state index contributed by atoms with van der Waals surface area (Å²) in [6.45, 7) is -0.0285. The molecule has 27 heavy (non-hydrogen) atoms. The topological polar surface area (TPSA) is 84.0 Å². The smallest absolute Gasteiger partial charge is 0.338 e. The van der Waals surface area contributed by atoms with Crippen molar-refractivity contribution in [2.75, 3.05) is 27.7 Å². The molecule has 0 bridgehead atoms. The van der Waals surface area contributed by atoms with E-state index in [0.717, 1.165) is 15.2 Å². The number of nitrogens with zero attached hydrogens (tertiary/aromatic N) is 2. The molecular weight excluding hydrogens is 412 g/mol. The molecular formula is C17H19ClN2O5S2. The Morgan fingerprint density at radius 1 is 1.19 bits per heavy atom. The van der Waals surface area contributed by atoms with E-state index in [0.29, 0.717) is 6.54 Å². The van der Waals surface area contributed by atoms with E-state index in [2.05, 4.69) is 0 Å². The largest absolute Gasteiger partial charge is 0.452 e. The van der Waals surface area contributed by atoms with Gasteiger partial charge in [-0.15, -0.1) is 11.3 Å². The van der Waals surface area contributed by atoms with Crippen LogP contribution in [0.5, 0.6) is 0 Å². The average molecular weight is 431 g/mol. The molecule has 0 saturated carbocycles. The number of likely N-dealkylation sites (N-methyl/N-ethyl adjacent to an activating group) is 1. The third-order valence-electron chi connectivity index (χ3n) is 3.65. The first-order valence-electron chi connectivity index (χ1n) is 7.78. The molecule has 0 aliphatic rings. The number of hydrogen-bond donors (Lipinski definition) is 0. The van der Waals surface area contributed by atoms with Crippen LogP contribution in [0.25, 0.3) is 0 Å². The van der Waals surface area contributed by atoms with E-state index in [9.17, 15) is 18.0 Å². The van der Waals surface area contributed by atoms with Crippen molar-refractivity contribution in [3.8, 4) is 0 Å². The van der Waals surface area contributed by atoms with Crippen LogP contribution in [0.2, 0.25) is 5.02 Å². The van der Waals surface area contributed by atoms with Gasteiger partial charge in [0.15, 0.2) is 6.61 Å². The fourth-order valence-corrected chi connectivity index (χ4v) is 4.22. The highest BCUT2D eigenvalue weighted by Gasteiger charge is 2.23. The number of rotatable bonds is 7. The molecule has 2 aromatic rings. The molecule has 2 rings (SSSR count). The van der Waals surface area contributed by atoms with E-state index in [1.165, 1.54) is 42.5 Å². The van der Waals surface area contributed by atoms with Crippen LogP contribution >= 0.6 is 22.9 Å². The van der Waals surface area contributed by atoms with Crippen molar-refractivity contribution in [2.45, 2.75) is 11.4 Å². The van der Waals surface area contributed by atoms with Crippen LogP contribution in [0.1, 0.15) is 15.2 Å². The maximum Gasteiger partial charge on any atom is 0.338 e. The van der Waals surface area contributed by atoms with Crippen molar-refractivity contribution in [3.63, 3.8) is 0 Å². The van der Waals surface area contributed by atoms with Gasteiger partial charge in [-0.25, -0.2) is 17.5 Å². The van der Waals surface area contributed by atoms with Gasteiger partial charge in [-0.3, -0.25) is 4.79 Å². The Labute approximate surface area is 167 Å². The molecule has 0 aliphatic carbocycles. The van der Waals surface area contributed by atoms with E-state index in [1.54, 1.807) is 7.05 Å². The SMILES string of the molecule is CN(Cc1cccs1)C(=O)COC(=O)c1ccc(Cl)c(S(=O)(=O)N(C)C)c1. The van der Waals surface area contributed by atoms with E-state index < -0.39 is 22.6 Å². The summed E-state index contributed by atoms with van der Waals surface area (Å²) in [7, 11) is 0.513. The Morgan fingerprint density at radius 3 is 2.48 bits per heavy atom. The molecule has 0 N–H and O–H groups in total. The summed E-state index contributed by atoms with van der Waals surface area (Å²) < 4.78 is 30.5. The second kappa shape index (κ2) is 8.83. The molecule has 1 amide bonds. The first-order chi connectivity index (χ1) is 12.6. The van der Waals surface area contributed by atoms with Crippen LogP contribution in [0.3, 0.4) is 0 Å². The van der Waals surface area contributed by atoms with Crippen LogP contribution in [0, 0.1) is 0 Å². The van der Waals surface area contributed by atoms with Gasteiger partial charge < -0.3 is 9.64 Å². The highest BCUT2D eigenvalue weighted by atomic mass is 35.5. The Hall–Kier alpha value is -1.94. The lowest BCUT2D eigenvalue weighted by Gasteiger charge is -2.16. The van der Waals surface area contributed by atoms with Gasteiger partial charge in [0.1, 0.15) is 4.90 Å². The van der Waals surface area contributed by atoms with Crippen molar-refractivity contribution in [3.05, 3.63) is 51.2 Å². The molecule has 146 valence electrons. The predicted octanol–water partition coefficient (Wildman–Crippen LogP) is 2.47. The van der Waals surface area contributed by atoms with Crippen LogP contribution in [-0.4, -0.2) is 57.2 Å².